The second-order valence-corrected chi connectivity index (χ2v) is 9.30. The first-order chi connectivity index (χ1) is 16.7. The Labute approximate surface area is 213 Å². The molecule has 1 aliphatic rings. The summed E-state index contributed by atoms with van der Waals surface area (Å²) in [6, 6.07) is 31.1. The van der Waals surface area contributed by atoms with E-state index in [2.05, 4.69) is 41.8 Å². The van der Waals surface area contributed by atoms with E-state index in [0.29, 0.717) is 6.04 Å². The van der Waals surface area contributed by atoms with Crippen LogP contribution in [0.1, 0.15) is 48.3 Å². The maximum Gasteiger partial charge on any atom is 0.232 e. The van der Waals surface area contributed by atoms with Crippen LogP contribution in [0.15, 0.2) is 91.0 Å². The van der Waals surface area contributed by atoms with Gasteiger partial charge >= 0.3 is 0 Å². The van der Waals surface area contributed by atoms with Gasteiger partial charge in [-0.2, -0.15) is 0 Å². The average molecular weight is 486 g/mol. The topological polar surface area (TPSA) is 54.0 Å². The summed E-state index contributed by atoms with van der Waals surface area (Å²) >= 11 is 0. The van der Waals surface area contributed by atoms with Crippen LogP contribution in [0, 0.1) is 6.92 Å². The summed E-state index contributed by atoms with van der Waals surface area (Å²) in [6.45, 7) is 2.14. The maximum atomic E-state index is 13.4. The van der Waals surface area contributed by atoms with Gasteiger partial charge in [0.2, 0.25) is 5.91 Å². The highest BCUT2D eigenvalue weighted by Crippen LogP contribution is 2.28. The monoisotopic (exact) mass is 485 g/mol. The largest absolute Gasteiger partial charge is 0.367 e. The summed E-state index contributed by atoms with van der Waals surface area (Å²) in [5, 5.41) is 8.19. The van der Waals surface area contributed by atoms with Gasteiger partial charge in [0, 0.05) is 17.5 Å². The molecule has 0 saturated heterocycles. The van der Waals surface area contributed by atoms with Gasteiger partial charge in [-0.25, -0.2) is 4.98 Å². The van der Waals surface area contributed by atoms with Crippen LogP contribution in [0.25, 0.3) is 10.9 Å². The molecular formula is C30H32ClN3O. The first-order valence-electron chi connectivity index (χ1n) is 12.2. The van der Waals surface area contributed by atoms with Crippen LogP contribution in [0.4, 0.5) is 5.82 Å². The van der Waals surface area contributed by atoms with Crippen molar-refractivity contribution in [3.8, 4) is 0 Å². The Morgan fingerprint density at radius 2 is 1.34 bits per heavy atom. The van der Waals surface area contributed by atoms with Gasteiger partial charge in [-0.1, -0.05) is 78.9 Å². The molecule has 4 nitrogen and oxygen atoms in total. The van der Waals surface area contributed by atoms with Crippen LogP contribution in [-0.2, 0) is 4.79 Å². The average Bonchev–Trinajstić information content (AvgIpc) is 2.87. The zero-order chi connectivity index (χ0) is 23.3. The van der Waals surface area contributed by atoms with Crippen molar-refractivity contribution >= 4 is 35.0 Å². The predicted octanol–water partition coefficient (Wildman–Crippen LogP) is 6.64. The highest BCUT2D eigenvalue weighted by atomic mass is 35.5. The van der Waals surface area contributed by atoms with Crippen molar-refractivity contribution in [2.45, 2.75) is 50.6 Å². The van der Waals surface area contributed by atoms with Crippen molar-refractivity contribution in [1.29, 1.82) is 0 Å². The fourth-order valence-electron chi connectivity index (χ4n) is 5.09. The Morgan fingerprint density at radius 1 is 0.800 bits per heavy atom. The van der Waals surface area contributed by atoms with Gasteiger partial charge in [-0.15, -0.1) is 12.4 Å². The molecule has 1 aromatic heterocycles. The number of anilines is 1. The normalized spacial score (nSPS) is 17.5. The number of nitrogens with zero attached hydrogens (tertiary/aromatic N) is 1. The van der Waals surface area contributed by atoms with Crippen LogP contribution in [-0.4, -0.2) is 23.0 Å². The van der Waals surface area contributed by atoms with Crippen molar-refractivity contribution in [2.75, 3.05) is 5.32 Å². The zero-order valence-corrected chi connectivity index (χ0v) is 20.8. The number of pyridine rings is 1. The molecular weight excluding hydrogens is 454 g/mol. The lowest BCUT2D eigenvalue weighted by atomic mass is 9.88. The molecule has 0 atom stereocenters. The van der Waals surface area contributed by atoms with Crippen LogP contribution in [0.2, 0.25) is 0 Å². The van der Waals surface area contributed by atoms with Gasteiger partial charge < -0.3 is 10.6 Å². The minimum atomic E-state index is -0.289. The predicted molar refractivity (Wildman–Crippen MR) is 146 cm³/mol. The van der Waals surface area contributed by atoms with Gasteiger partial charge in [0.05, 0.1) is 11.4 Å². The molecule has 1 heterocycles. The van der Waals surface area contributed by atoms with Gasteiger partial charge in [-0.3, -0.25) is 4.79 Å². The minimum Gasteiger partial charge on any atom is -0.367 e. The summed E-state index contributed by atoms with van der Waals surface area (Å²) in [6.07, 6.45) is 3.96. The lowest BCUT2D eigenvalue weighted by molar-refractivity contribution is -0.122. The molecule has 1 saturated carbocycles. The van der Waals surface area contributed by atoms with E-state index in [-0.39, 0.29) is 30.3 Å². The lowest BCUT2D eigenvalue weighted by Gasteiger charge is -2.31. The number of amides is 1. The summed E-state index contributed by atoms with van der Waals surface area (Å²) in [4.78, 5) is 18.2. The number of benzene rings is 3. The van der Waals surface area contributed by atoms with E-state index in [1.54, 1.807) is 0 Å². The third-order valence-electron chi connectivity index (χ3n) is 6.88. The molecule has 4 aromatic rings. The summed E-state index contributed by atoms with van der Waals surface area (Å²) in [5.74, 6) is 0.737. The number of hydrogen-bond donors (Lipinski definition) is 2. The molecule has 0 bridgehead atoms. The number of carbonyl (C=O) groups is 1. The van der Waals surface area contributed by atoms with Crippen molar-refractivity contribution in [3.63, 3.8) is 0 Å². The molecule has 0 aliphatic heterocycles. The number of para-hydroxylation sites is 1. The molecule has 1 fully saturated rings. The van der Waals surface area contributed by atoms with E-state index < -0.39 is 0 Å². The second-order valence-electron chi connectivity index (χ2n) is 9.30. The van der Waals surface area contributed by atoms with Crippen LogP contribution >= 0.6 is 12.4 Å². The molecule has 180 valence electrons. The Kier molecular flexibility index (Phi) is 8.04. The summed E-state index contributed by atoms with van der Waals surface area (Å²) in [7, 11) is 0. The van der Waals surface area contributed by atoms with Crippen molar-refractivity contribution in [3.05, 3.63) is 108 Å². The van der Waals surface area contributed by atoms with Crippen molar-refractivity contribution < 1.29 is 4.79 Å². The Morgan fingerprint density at radius 3 is 1.97 bits per heavy atom. The molecule has 0 spiro atoms. The maximum absolute atomic E-state index is 13.4. The quantitative estimate of drug-likeness (QED) is 0.322. The molecule has 1 amide bonds. The minimum absolute atomic E-state index is 0. The van der Waals surface area contributed by atoms with E-state index in [0.717, 1.165) is 48.1 Å². The summed E-state index contributed by atoms with van der Waals surface area (Å²) in [5.41, 5.74) is 4.32. The molecule has 5 rings (SSSR count). The zero-order valence-electron chi connectivity index (χ0n) is 20.0. The van der Waals surface area contributed by atoms with Crippen molar-refractivity contribution in [2.24, 2.45) is 0 Å². The number of aromatic nitrogens is 1. The molecule has 0 radical (unpaired) electrons. The molecule has 3 aromatic carbocycles. The first kappa shape index (κ1) is 24.7. The second kappa shape index (κ2) is 11.4. The number of carbonyl (C=O) groups excluding carboxylic acids is 1. The molecule has 2 N–H and O–H groups in total. The highest BCUT2D eigenvalue weighted by molar-refractivity contribution is 5.87. The van der Waals surface area contributed by atoms with E-state index >= 15 is 0 Å². The summed E-state index contributed by atoms with van der Waals surface area (Å²) < 4.78 is 0. The lowest BCUT2D eigenvalue weighted by Crippen LogP contribution is -2.42. The fraction of sp³-hybridized carbons (Fsp3) is 0.267. The number of nitrogens with one attached hydrogen (secondary N) is 2. The molecule has 1 aliphatic carbocycles. The smallest absolute Gasteiger partial charge is 0.232 e. The van der Waals surface area contributed by atoms with Gasteiger partial charge in [0.1, 0.15) is 5.82 Å². The Hall–Kier alpha value is -3.37. The van der Waals surface area contributed by atoms with E-state index in [9.17, 15) is 4.79 Å². The number of halogens is 1. The third-order valence-corrected chi connectivity index (χ3v) is 6.88. The third kappa shape index (κ3) is 5.83. The Bertz CT molecular complexity index is 1220. The van der Waals surface area contributed by atoms with E-state index in [1.165, 1.54) is 10.9 Å². The number of fused-ring (bicyclic) bond motifs is 1. The number of rotatable bonds is 6. The SMILES string of the molecule is Cc1cc(N[C@H]2CC[C@@H](NC(=O)C(c3ccccc3)c3ccccc3)CC2)nc2ccccc12.Cl. The van der Waals surface area contributed by atoms with E-state index in [4.69, 9.17) is 4.98 Å². The Balaban J connectivity index is 0.00000289. The molecule has 35 heavy (non-hydrogen) atoms. The molecule has 0 unspecified atom stereocenters. The van der Waals surface area contributed by atoms with Crippen LogP contribution in [0.3, 0.4) is 0 Å². The number of aryl methyl sites for hydroxylation is 1. The standard InChI is InChI=1S/C30H31N3O.ClH/c1-21-20-28(33-27-15-9-8-14-26(21)27)31-24-16-18-25(19-17-24)32-30(34)29(22-10-4-2-5-11-22)23-12-6-3-7-13-23;/h2-15,20,24-25,29H,16-19H2,1H3,(H,31,33)(H,32,34);1H/t24-,25+;. The van der Waals surface area contributed by atoms with Gasteiger partial charge in [0.15, 0.2) is 0 Å². The van der Waals surface area contributed by atoms with Gasteiger partial charge in [-0.05, 0) is 61.4 Å². The van der Waals surface area contributed by atoms with E-state index in [1.807, 2.05) is 66.7 Å². The molecule has 5 heteroatoms. The van der Waals surface area contributed by atoms with Gasteiger partial charge in [0.25, 0.3) is 0 Å². The number of hydrogen-bond acceptors (Lipinski definition) is 3. The van der Waals surface area contributed by atoms with Crippen LogP contribution < -0.4 is 10.6 Å². The van der Waals surface area contributed by atoms with Crippen molar-refractivity contribution in [1.82, 2.24) is 10.3 Å². The first-order valence-corrected chi connectivity index (χ1v) is 12.2. The highest BCUT2D eigenvalue weighted by Gasteiger charge is 2.27. The fourth-order valence-corrected chi connectivity index (χ4v) is 5.09. The van der Waals surface area contributed by atoms with Crippen LogP contribution in [0.5, 0.6) is 0 Å².